The van der Waals surface area contributed by atoms with Gasteiger partial charge in [-0.15, -0.1) is 0 Å². The molecule has 8 nitrogen and oxygen atoms in total. The van der Waals surface area contributed by atoms with E-state index in [4.69, 9.17) is 4.74 Å². The molecular weight excluding hydrogens is 322 g/mol. The van der Waals surface area contributed by atoms with E-state index in [1.807, 2.05) is 11.9 Å². The van der Waals surface area contributed by atoms with Crippen LogP contribution in [0.1, 0.15) is 23.3 Å². The lowest BCUT2D eigenvalue weighted by atomic mass is 9.80. The van der Waals surface area contributed by atoms with Crippen LogP contribution in [-0.2, 0) is 16.6 Å². The summed E-state index contributed by atoms with van der Waals surface area (Å²) in [5, 5.41) is 6.91. The maximum absolute atomic E-state index is 12.8. The summed E-state index contributed by atoms with van der Waals surface area (Å²) in [5.41, 5.74) is 0.365. The highest BCUT2D eigenvalue weighted by molar-refractivity contribution is 5.92. The molecule has 138 valence electrons. The van der Waals surface area contributed by atoms with Crippen molar-refractivity contribution in [2.24, 2.45) is 12.5 Å². The van der Waals surface area contributed by atoms with Crippen molar-refractivity contribution in [2.75, 3.05) is 53.0 Å². The predicted molar refractivity (Wildman–Crippen MR) is 92.1 cm³/mol. The molecule has 3 heterocycles. The number of rotatable bonds is 3. The van der Waals surface area contributed by atoms with Gasteiger partial charge < -0.3 is 15.0 Å². The Labute approximate surface area is 148 Å². The Bertz CT molecular complexity index is 632. The number of ether oxygens (including phenoxy) is 1. The van der Waals surface area contributed by atoms with Gasteiger partial charge in [0.2, 0.25) is 5.91 Å². The van der Waals surface area contributed by atoms with E-state index >= 15 is 0 Å². The van der Waals surface area contributed by atoms with E-state index in [0.29, 0.717) is 32.0 Å². The Morgan fingerprint density at radius 2 is 2.20 bits per heavy atom. The summed E-state index contributed by atoms with van der Waals surface area (Å²) in [6.45, 7) is 4.51. The average molecular weight is 349 g/mol. The van der Waals surface area contributed by atoms with Crippen molar-refractivity contribution in [3.05, 3.63) is 18.0 Å². The van der Waals surface area contributed by atoms with Gasteiger partial charge in [-0.1, -0.05) is 0 Å². The first-order valence-electron chi connectivity index (χ1n) is 8.81. The van der Waals surface area contributed by atoms with Crippen molar-refractivity contribution in [3.8, 4) is 0 Å². The Morgan fingerprint density at radius 3 is 2.92 bits per heavy atom. The third-order valence-corrected chi connectivity index (χ3v) is 5.05. The molecule has 1 spiro atoms. The van der Waals surface area contributed by atoms with Crippen LogP contribution in [0.5, 0.6) is 0 Å². The number of aryl methyl sites for hydroxylation is 1. The van der Waals surface area contributed by atoms with Crippen LogP contribution >= 0.6 is 0 Å². The van der Waals surface area contributed by atoms with Gasteiger partial charge in [0.15, 0.2) is 0 Å². The highest BCUT2D eigenvalue weighted by Gasteiger charge is 2.40. The summed E-state index contributed by atoms with van der Waals surface area (Å²) in [6, 6.07) is 1.76. The van der Waals surface area contributed by atoms with E-state index in [9.17, 15) is 9.59 Å². The summed E-state index contributed by atoms with van der Waals surface area (Å²) < 4.78 is 7.49. The highest BCUT2D eigenvalue weighted by Crippen LogP contribution is 2.33. The maximum atomic E-state index is 12.8. The largest absolute Gasteiger partial charge is 0.379 e. The van der Waals surface area contributed by atoms with Gasteiger partial charge in [-0.25, -0.2) is 0 Å². The molecule has 2 aliphatic rings. The first-order valence-corrected chi connectivity index (χ1v) is 8.81. The van der Waals surface area contributed by atoms with Gasteiger partial charge in [0.25, 0.3) is 5.91 Å². The zero-order valence-corrected chi connectivity index (χ0v) is 15.0. The van der Waals surface area contributed by atoms with E-state index in [1.54, 1.807) is 24.0 Å². The molecule has 1 atom stereocenters. The van der Waals surface area contributed by atoms with Crippen molar-refractivity contribution in [2.45, 2.75) is 12.8 Å². The number of carbonyl (C=O) groups is 2. The lowest BCUT2D eigenvalue weighted by Gasteiger charge is -2.43. The number of aromatic nitrogens is 2. The molecule has 2 amide bonds. The van der Waals surface area contributed by atoms with Gasteiger partial charge in [0.1, 0.15) is 5.69 Å². The molecule has 1 aromatic heterocycles. The number of likely N-dealkylation sites (tertiary alicyclic amines) is 1. The Balaban J connectivity index is 1.71. The third-order valence-electron chi connectivity index (χ3n) is 5.05. The van der Waals surface area contributed by atoms with E-state index in [1.165, 1.54) is 0 Å². The SMILES string of the molecule is CNC(=O)CN1CCOC[C@]2(CCCN(C(=O)c3ccn(C)n3)C2)C1. The standard InChI is InChI=1S/C17H27N5O3/c1-18-15(23)10-21-8-9-25-13-17(11-21)5-3-6-22(12-17)16(24)14-4-7-20(2)19-14/h4,7H,3,5-6,8-13H2,1-2H3,(H,18,23)/t17-/m1/s1. The molecule has 8 heteroatoms. The zero-order valence-electron chi connectivity index (χ0n) is 15.0. The second kappa shape index (κ2) is 7.53. The minimum absolute atomic E-state index is 0.00859. The van der Waals surface area contributed by atoms with E-state index < -0.39 is 0 Å². The fraction of sp³-hybridized carbons (Fsp3) is 0.706. The molecule has 2 saturated heterocycles. The van der Waals surface area contributed by atoms with Crippen LogP contribution in [0.3, 0.4) is 0 Å². The van der Waals surface area contributed by atoms with Crippen molar-refractivity contribution in [1.82, 2.24) is 24.9 Å². The summed E-state index contributed by atoms with van der Waals surface area (Å²) in [6.07, 6.45) is 3.73. The molecule has 25 heavy (non-hydrogen) atoms. The first kappa shape index (κ1) is 17.9. The molecule has 0 radical (unpaired) electrons. The number of piperidine rings is 1. The number of amides is 2. The zero-order chi connectivity index (χ0) is 17.9. The fourth-order valence-corrected chi connectivity index (χ4v) is 3.82. The van der Waals surface area contributed by atoms with Crippen LogP contribution in [0.25, 0.3) is 0 Å². The summed E-state index contributed by atoms with van der Waals surface area (Å²) in [7, 11) is 3.46. The molecule has 0 saturated carbocycles. The van der Waals surface area contributed by atoms with E-state index in [-0.39, 0.29) is 17.2 Å². The predicted octanol–water partition coefficient (Wildman–Crippen LogP) is -0.279. The number of hydrogen-bond donors (Lipinski definition) is 1. The Kier molecular flexibility index (Phi) is 5.39. The highest BCUT2D eigenvalue weighted by atomic mass is 16.5. The number of carbonyl (C=O) groups excluding carboxylic acids is 2. The molecule has 0 bridgehead atoms. The normalized spacial score (nSPS) is 25.0. The number of hydrogen-bond acceptors (Lipinski definition) is 5. The molecule has 0 aromatic carbocycles. The number of nitrogens with zero attached hydrogens (tertiary/aromatic N) is 4. The van der Waals surface area contributed by atoms with Gasteiger partial charge in [-0.2, -0.15) is 5.10 Å². The van der Waals surface area contributed by atoms with Crippen LogP contribution in [0.2, 0.25) is 0 Å². The lowest BCUT2D eigenvalue weighted by Crippen LogP contribution is -2.53. The van der Waals surface area contributed by atoms with Crippen molar-refractivity contribution in [1.29, 1.82) is 0 Å². The van der Waals surface area contributed by atoms with Gasteiger partial charge in [0.05, 0.1) is 19.8 Å². The smallest absolute Gasteiger partial charge is 0.274 e. The summed E-state index contributed by atoms with van der Waals surface area (Å²) in [4.78, 5) is 28.5. The van der Waals surface area contributed by atoms with Crippen LogP contribution in [0, 0.1) is 5.41 Å². The summed E-state index contributed by atoms with van der Waals surface area (Å²) in [5.74, 6) is -0.0175. The molecule has 1 aromatic rings. The summed E-state index contributed by atoms with van der Waals surface area (Å²) >= 11 is 0. The maximum Gasteiger partial charge on any atom is 0.274 e. The van der Waals surface area contributed by atoms with Gasteiger partial charge in [-0.3, -0.25) is 19.2 Å². The molecule has 1 N–H and O–H groups in total. The Hall–Kier alpha value is -1.93. The second-order valence-corrected chi connectivity index (χ2v) is 7.14. The Morgan fingerprint density at radius 1 is 1.36 bits per heavy atom. The van der Waals surface area contributed by atoms with Gasteiger partial charge in [0, 0.05) is 51.9 Å². The quantitative estimate of drug-likeness (QED) is 0.812. The minimum atomic E-state index is -0.118. The first-order chi connectivity index (χ1) is 12.0. The lowest BCUT2D eigenvalue weighted by molar-refractivity contribution is -0.122. The molecular formula is C17H27N5O3. The number of nitrogens with one attached hydrogen (secondary N) is 1. The fourth-order valence-electron chi connectivity index (χ4n) is 3.82. The minimum Gasteiger partial charge on any atom is -0.379 e. The van der Waals surface area contributed by atoms with Crippen molar-refractivity contribution >= 4 is 11.8 Å². The van der Waals surface area contributed by atoms with Crippen LogP contribution in [0.4, 0.5) is 0 Å². The monoisotopic (exact) mass is 349 g/mol. The van der Waals surface area contributed by atoms with E-state index in [2.05, 4.69) is 15.3 Å². The molecule has 3 rings (SSSR count). The average Bonchev–Trinajstić information content (AvgIpc) is 2.95. The van der Waals surface area contributed by atoms with Crippen molar-refractivity contribution < 1.29 is 14.3 Å². The van der Waals surface area contributed by atoms with Gasteiger partial charge in [-0.05, 0) is 18.9 Å². The topological polar surface area (TPSA) is 79.7 Å². The molecule has 2 aliphatic heterocycles. The molecule has 2 fully saturated rings. The van der Waals surface area contributed by atoms with Crippen LogP contribution in [-0.4, -0.2) is 84.4 Å². The van der Waals surface area contributed by atoms with Crippen molar-refractivity contribution in [3.63, 3.8) is 0 Å². The number of likely N-dealkylation sites (N-methyl/N-ethyl adjacent to an activating group) is 1. The van der Waals surface area contributed by atoms with Crippen LogP contribution < -0.4 is 5.32 Å². The second-order valence-electron chi connectivity index (χ2n) is 7.14. The van der Waals surface area contributed by atoms with Gasteiger partial charge >= 0.3 is 0 Å². The van der Waals surface area contributed by atoms with Crippen LogP contribution in [0.15, 0.2) is 12.3 Å². The molecule has 0 aliphatic carbocycles. The third kappa shape index (κ3) is 4.19. The molecule has 0 unspecified atom stereocenters. The van der Waals surface area contributed by atoms with E-state index in [0.717, 1.165) is 32.5 Å².